The Hall–Kier alpha value is -2.74. The first-order valence-corrected chi connectivity index (χ1v) is 9.80. The van der Waals surface area contributed by atoms with E-state index in [9.17, 15) is 9.59 Å². The molecular formula is C19H21N5O2S. The van der Waals surface area contributed by atoms with Crippen LogP contribution in [0.4, 0.5) is 0 Å². The predicted octanol–water partition coefficient (Wildman–Crippen LogP) is 2.40. The lowest BCUT2D eigenvalue weighted by Crippen LogP contribution is -2.32. The van der Waals surface area contributed by atoms with Crippen LogP contribution in [0.1, 0.15) is 39.8 Å². The van der Waals surface area contributed by atoms with Crippen molar-refractivity contribution in [1.29, 1.82) is 0 Å². The van der Waals surface area contributed by atoms with Crippen molar-refractivity contribution in [3.8, 4) is 0 Å². The third-order valence-electron chi connectivity index (χ3n) is 4.89. The summed E-state index contributed by atoms with van der Waals surface area (Å²) in [6.07, 6.45) is 5.51. The topological polar surface area (TPSA) is 70.8 Å². The van der Waals surface area contributed by atoms with Crippen LogP contribution in [0.15, 0.2) is 36.0 Å². The average Bonchev–Trinajstić information content (AvgIpc) is 3.40. The summed E-state index contributed by atoms with van der Waals surface area (Å²) in [5, 5.41) is 6.40. The minimum absolute atomic E-state index is 0.0508. The molecule has 3 aromatic heterocycles. The molecular weight excluding hydrogens is 362 g/mol. The van der Waals surface area contributed by atoms with E-state index in [-0.39, 0.29) is 17.9 Å². The molecule has 0 radical (unpaired) electrons. The van der Waals surface area contributed by atoms with Gasteiger partial charge in [0, 0.05) is 31.7 Å². The molecule has 0 aliphatic carbocycles. The van der Waals surface area contributed by atoms with Gasteiger partial charge in [0.25, 0.3) is 5.91 Å². The average molecular weight is 383 g/mol. The van der Waals surface area contributed by atoms with E-state index in [1.54, 1.807) is 42.3 Å². The summed E-state index contributed by atoms with van der Waals surface area (Å²) in [6, 6.07) is 5.80. The molecule has 0 bridgehead atoms. The molecule has 0 saturated carbocycles. The number of likely N-dealkylation sites (tertiary alicyclic amines) is 1. The van der Waals surface area contributed by atoms with Gasteiger partial charge in [-0.2, -0.15) is 5.10 Å². The molecule has 1 atom stereocenters. The number of rotatable bonds is 4. The molecule has 1 aliphatic rings. The number of carbonyl (C=O) groups is 2. The predicted molar refractivity (Wildman–Crippen MR) is 103 cm³/mol. The maximum Gasteiger partial charge on any atom is 0.258 e. The zero-order chi connectivity index (χ0) is 19.0. The molecule has 0 unspecified atom stereocenters. The SMILES string of the molecule is CN(C)C(=O)c1cnn2c([C@@H]3CCCN3C(=O)Cc3cccs3)ccnc12. The third-order valence-corrected chi connectivity index (χ3v) is 5.76. The summed E-state index contributed by atoms with van der Waals surface area (Å²) in [7, 11) is 3.41. The molecule has 140 valence electrons. The summed E-state index contributed by atoms with van der Waals surface area (Å²) in [5.74, 6) is -0.00615. The van der Waals surface area contributed by atoms with Gasteiger partial charge in [-0.15, -0.1) is 11.3 Å². The van der Waals surface area contributed by atoms with Gasteiger partial charge < -0.3 is 9.80 Å². The molecule has 0 N–H and O–H groups in total. The van der Waals surface area contributed by atoms with Crippen molar-refractivity contribution in [2.45, 2.75) is 25.3 Å². The highest BCUT2D eigenvalue weighted by Crippen LogP contribution is 2.33. The maximum atomic E-state index is 12.9. The quantitative estimate of drug-likeness (QED) is 0.694. The Labute approximate surface area is 161 Å². The highest BCUT2D eigenvalue weighted by molar-refractivity contribution is 7.10. The van der Waals surface area contributed by atoms with Crippen LogP contribution in [0.5, 0.6) is 0 Å². The van der Waals surface area contributed by atoms with Gasteiger partial charge in [-0.05, 0) is 30.4 Å². The van der Waals surface area contributed by atoms with Gasteiger partial charge in [0.1, 0.15) is 5.56 Å². The number of hydrogen-bond acceptors (Lipinski definition) is 5. The number of nitrogens with zero attached hydrogens (tertiary/aromatic N) is 5. The largest absolute Gasteiger partial charge is 0.345 e. The first-order valence-electron chi connectivity index (χ1n) is 8.92. The van der Waals surface area contributed by atoms with Gasteiger partial charge >= 0.3 is 0 Å². The molecule has 27 heavy (non-hydrogen) atoms. The standard InChI is InChI=1S/C19H21N5O2S/c1-22(2)19(26)14-12-21-24-16(7-8-20-18(14)24)15-6-3-9-23(15)17(25)11-13-5-4-10-27-13/h4-5,7-8,10,12,15H,3,6,9,11H2,1-2H3/t15-/m0/s1. The number of thiophene rings is 1. The van der Waals surface area contributed by atoms with E-state index in [2.05, 4.69) is 10.1 Å². The van der Waals surface area contributed by atoms with Crippen LogP contribution in [-0.4, -0.2) is 56.9 Å². The van der Waals surface area contributed by atoms with E-state index in [0.29, 0.717) is 17.6 Å². The lowest BCUT2D eigenvalue weighted by molar-refractivity contribution is -0.131. The molecule has 4 rings (SSSR count). The highest BCUT2D eigenvalue weighted by atomic mass is 32.1. The van der Waals surface area contributed by atoms with E-state index in [1.807, 2.05) is 28.5 Å². The van der Waals surface area contributed by atoms with Gasteiger partial charge in [-0.25, -0.2) is 9.50 Å². The molecule has 8 heteroatoms. The zero-order valence-corrected chi connectivity index (χ0v) is 16.1. The number of aromatic nitrogens is 3. The number of hydrogen-bond donors (Lipinski definition) is 0. The van der Waals surface area contributed by atoms with Crippen LogP contribution in [0.25, 0.3) is 5.65 Å². The van der Waals surface area contributed by atoms with Crippen molar-refractivity contribution in [1.82, 2.24) is 24.4 Å². The molecule has 3 aromatic rings. The fourth-order valence-corrected chi connectivity index (χ4v) is 4.29. The lowest BCUT2D eigenvalue weighted by atomic mass is 10.1. The van der Waals surface area contributed by atoms with Crippen molar-refractivity contribution in [2.24, 2.45) is 0 Å². The van der Waals surface area contributed by atoms with Crippen molar-refractivity contribution < 1.29 is 9.59 Å². The Morgan fingerprint density at radius 1 is 1.33 bits per heavy atom. The first kappa shape index (κ1) is 17.7. The molecule has 2 amide bonds. The second kappa shape index (κ2) is 7.11. The van der Waals surface area contributed by atoms with Crippen molar-refractivity contribution in [3.05, 3.63) is 52.1 Å². The summed E-state index contributed by atoms with van der Waals surface area (Å²) in [6.45, 7) is 0.740. The van der Waals surface area contributed by atoms with Crippen molar-refractivity contribution in [3.63, 3.8) is 0 Å². The highest BCUT2D eigenvalue weighted by Gasteiger charge is 2.32. The summed E-state index contributed by atoms with van der Waals surface area (Å²) in [4.78, 5) is 34.1. The second-order valence-electron chi connectivity index (χ2n) is 6.86. The van der Waals surface area contributed by atoms with E-state index < -0.39 is 0 Å². The van der Waals surface area contributed by atoms with Crippen LogP contribution < -0.4 is 0 Å². The van der Waals surface area contributed by atoms with E-state index >= 15 is 0 Å². The number of amides is 2. The Bertz CT molecular complexity index is 979. The molecule has 7 nitrogen and oxygen atoms in total. The fraction of sp³-hybridized carbons (Fsp3) is 0.368. The second-order valence-corrected chi connectivity index (χ2v) is 7.90. The molecule has 1 fully saturated rings. The van der Waals surface area contributed by atoms with Gasteiger partial charge in [0.15, 0.2) is 5.65 Å². The lowest BCUT2D eigenvalue weighted by Gasteiger charge is -2.25. The molecule has 0 spiro atoms. The fourth-order valence-electron chi connectivity index (χ4n) is 3.59. The molecule has 4 heterocycles. The van der Waals surface area contributed by atoms with Crippen molar-refractivity contribution in [2.75, 3.05) is 20.6 Å². The smallest absolute Gasteiger partial charge is 0.258 e. The Morgan fingerprint density at radius 3 is 2.93 bits per heavy atom. The minimum Gasteiger partial charge on any atom is -0.345 e. The van der Waals surface area contributed by atoms with Gasteiger partial charge in [0.2, 0.25) is 5.91 Å². The van der Waals surface area contributed by atoms with E-state index in [1.165, 1.54) is 4.90 Å². The van der Waals surface area contributed by atoms with Gasteiger partial charge in [-0.1, -0.05) is 6.07 Å². The monoisotopic (exact) mass is 383 g/mol. The molecule has 1 saturated heterocycles. The van der Waals surface area contributed by atoms with E-state index in [0.717, 1.165) is 30.0 Å². The number of fused-ring (bicyclic) bond motifs is 1. The maximum absolute atomic E-state index is 12.9. The van der Waals surface area contributed by atoms with Crippen molar-refractivity contribution >= 4 is 28.8 Å². The Balaban J connectivity index is 1.67. The normalized spacial score (nSPS) is 16.8. The van der Waals surface area contributed by atoms with Crippen LogP contribution >= 0.6 is 11.3 Å². The first-order chi connectivity index (χ1) is 13.1. The summed E-state index contributed by atoms with van der Waals surface area (Å²) < 4.78 is 1.71. The molecule has 0 aromatic carbocycles. The Morgan fingerprint density at radius 2 is 2.19 bits per heavy atom. The van der Waals surface area contributed by atoms with Crippen LogP contribution in [-0.2, 0) is 11.2 Å². The van der Waals surface area contributed by atoms with Gasteiger partial charge in [-0.3, -0.25) is 9.59 Å². The Kier molecular flexibility index (Phi) is 4.65. The van der Waals surface area contributed by atoms with Crippen LogP contribution in [0.2, 0.25) is 0 Å². The van der Waals surface area contributed by atoms with Crippen LogP contribution in [0.3, 0.4) is 0 Å². The summed E-state index contributed by atoms with van der Waals surface area (Å²) in [5.41, 5.74) is 1.90. The number of carbonyl (C=O) groups excluding carboxylic acids is 2. The van der Waals surface area contributed by atoms with E-state index in [4.69, 9.17) is 0 Å². The minimum atomic E-state index is -0.133. The van der Waals surface area contributed by atoms with Crippen LogP contribution in [0, 0.1) is 0 Å². The zero-order valence-electron chi connectivity index (χ0n) is 15.3. The summed E-state index contributed by atoms with van der Waals surface area (Å²) >= 11 is 1.60. The molecule has 1 aliphatic heterocycles. The third kappa shape index (κ3) is 3.21. The van der Waals surface area contributed by atoms with Gasteiger partial charge in [0.05, 0.1) is 24.4 Å².